The number of amides is 1. The van der Waals surface area contributed by atoms with Gasteiger partial charge in [-0.1, -0.05) is 43.3 Å². The van der Waals surface area contributed by atoms with Gasteiger partial charge >= 0.3 is 12.5 Å². The summed E-state index contributed by atoms with van der Waals surface area (Å²) in [5, 5.41) is 1.63. The number of alkyl halides is 3. The zero-order valence-corrected chi connectivity index (χ0v) is 21.2. The number of piperidine rings is 1. The van der Waals surface area contributed by atoms with Gasteiger partial charge in [0.25, 0.3) is 0 Å². The molecule has 1 aromatic heterocycles. The van der Waals surface area contributed by atoms with Crippen LogP contribution in [-0.2, 0) is 19.5 Å². The predicted octanol–water partition coefficient (Wildman–Crippen LogP) is 5.98. The topological polar surface area (TPSA) is 54.9 Å². The molecule has 1 aliphatic heterocycles. The van der Waals surface area contributed by atoms with Crippen LogP contribution >= 0.6 is 11.3 Å². The summed E-state index contributed by atoms with van der Waals surface area (Å²) in [7, 11) is 0. The second-order valence-electron chi connectivity index (χ2n) is 9.63. The minimum Gasteiger partial charge on any atom is -0.406 e. The van der Waals surface area contributed by atoms with E-state index in [1.165, 1.54) is 40.7 Å². The maximum atomic E-state index is 13.0. The molecule has 2 atom stereocenters. The molecule has 1 amide bonds. The van der Waals surface area contributed by atoms with Gasteiger partial charge in [0.1, 0.15) is 5.75 Å². The zero-order chi connectivity index (χ0) is 26.0. The van der Waals surface area contributed by atoms with Gasteiger partial charge in [-0.3, -0.25) is 4.90 Å². The van der Waals surface area contributed by atoms with Gasteiger partial charge in [0.2, 0.25) is 5.88 Å². The third-order valence-electron chi connectivity index (χ3n) is 7.08. The van der Waals surface area contributed by atoms with Crippen molar-refractivity contribution in [1.29, 1.82) is 0 Å². The maximum absolute atomic E-state index is 13.0. The van der Waals surface area contributed by atoms with E-state index in [1.54, 1.807) is 21.9 Å². The molecule has 0 radical (unpaired) electrons. The molecule has 3 aromatic rings. The summed E-state index contributed by atoms with van der Waals surface area (Å²) >= 11 is 1.31. The van der Waals surface area contributed by atoms with E-state index >= 15 is 0 Å². The summed E-state index contributed by atoms with van der Waals surface area (Å²) in [6.07, 6.45) is -4.32. The number of ether oxygens (including phenoxy) is 2. The molecule has 2 heterocycles. The summed E-state index contributed by atoms with van der Waals surface area (Å²) in [6, 6.07) is 14.4. The number of aromatic nitrogens is 1. The number of thiazole rings is 1. The quantitative estimate of drug-likeness (QED) is 0.340. The molecule has 0 bridgehead atoms. The number of benzene rings is 2. The monoisotopic (exact) mass is 531 g/mol. The van der Waals surface area contributed by atoms with Crippen LogP contribution in [0.15, 0.2) is 59.4 Å². The molecule has 5 rings (SSSR count). The van der Waals surface area contributed by atoms with Crippen molar-refractivity contribution in [1.82, 2.24) is 14.8 Å². The molecule has 1 aliphatic carbocycles. The Kier molecular flexibility index (Phi) is 7.39. The molecule has 2 aliphatic rings. The number of carbonyl (C=O) groups is 1. The summed E-state index contributed by atoms with van der Waals surface area (Å²) in [6.45, 7) is 5.57. The van der Waals surface area contributed by atoms with Crippen molar-refractivity contribution >= 4 is 17.4 Å². The van der Waals surface area contributed by atoms with Crippen molar-refractivity contribution in [3.05, 3.63) is 76.1 Å². The Morgan fingerprint density at radius 1 is 1.11 bits per heavy atom. The molecule has 2 fully saturated rings. The highest BCUT2D eigenvalue weighted by atomic mass is 32.1. The first-order chi connectivity index (χ1) is 17.8. The Labute approximate surface area is 217 Å². The Bertz CT molecular complexity index is 1190. The summed E-state index contributed by atoms with van der Waals surface area (Å²) in [5.41, 5.74) is 4.72. The van der Waals surface area contributed by atoms with Gasteiger partial charge in [0.15, 0.2) is 0 Å². The van der Waals surface area contributed by atoms with E-state index < -0.39 is 12.5 Å². The number of nitrogens with zero attached hydrogens (tertiary/aromatic N) is 3. The molecule has 0 N–H and O–H groups in total. The molecule has 196 valence electrons. The van der Waals surface area contributed by atoms with Gasteiger partial charge in [-0.2, -0.15) is 0 Å². The third-order valence-corrected chi connectivity index (χ3v) is 7.65. The van der Waals surface area contributed by atoms with Crippen LogP contribution in [0.5, 0.6) is 11.6 Å². The first-order valence-electron chi connectivity index (χ1n) is 12.3. The van der Waals surface area contributed by atoms with Crippen LogP contribution in [-0.4, -0.2) is 46.9 Å². The van der Waals surface area contributed by atoms with E-state index in [2.05, 4.69) is 45.8 Å². The lowest BCUT2D eigenvalue weighted by Crippen LogP contribution is -2.36. The van der Waals surface area contributed by atoms with E-state index in [4.69, 9.17) is 4.74 Å². The van der Waals surface area contributed by atoms with Crippen molar-refractivity contribution in [3.8, 4) is 11.6 Å². The average molecular weight is 532 g/mol. The summed E-state index contributed by atoms with van der Waals surface area (Å²) < 4.78 is 47.5. The van der Waals surface area contributed by atoms with Crippen LogP contribution in [0.1, 0.15) is 23.6 Å². The van der Waals surface area contributed by atoms with Crippen molar-refractivity contribution in [2.75, 3.05) is 19.6 Å². The Balaban J connectivity index is 1.21. The van der Waals surface area contributed by atoms with Crippen molar-refractivity contribution in [2.24, 2.45) is 17.8 Å². The zero-order valence-electron chi connectivity index (χ0n) is 20.4. The van der Waals surface area contributed by atoms with Crippen LogP contribution in [0.25, 0.3) is 0 Å². The molecular formula is C27H28F3N3O3S. The fourth-order valence-electron chi connectivity index (χ4n) is 5.20. The number of carbonyl (C=O) groups excluding carboxylic acids is 1. The first kappa shape index (κ1) is 25.5. The minimum atomic E-state index is -4.78. The van der Waals surface area contributed by atoms with Crippen LogP contribution in [0.4, 0.5) is 18.0 Å². The second-order valence-corrected chi connectivity index (χ2v) is 10.3. The lowest BCUT2D eigenvalue weighted by molar-refractivity contribution is -0.274. The summed E-state index contributed by atoms with van der Waals surface area (Å²) in [4.78, 5) is 21.0. The molecule has 2 aromatic carbocycles. The van der Waals surface area contributed by atoms with E-state index in [0.717, 1.165) is 26.1 Å². The van der Waals surface area contributed by atoms with Gasteiger partial charge in [-0.15, -0.1) is 24.5 Å². The molecule has 1 saturated carbocycles. The maximum Gasteiger partial charge on any atom is 0.573 e. The van der Waals surface area contributed by atoms with Gasteiger partial charge < -0.3 is 14.4 Å². The molecule has 2 unspecified atom stereocenters. The van der Waals surface area contributed by atoms with Crippen molar-refractivity contribution in [3.63, 3.8) is 0 Å². The largest absolute Gasteiger partial charge is 0.573 e. The number of likely N-dealkylation sites (tertiary alicyclic amines) is 1. The lowest BCUT2D eigenvalue weighted by Gasteiger charge is -2.25. The molecule has 37 heavy (non-hydrogen) atoms. The van der Waals surface area contributed by atoms with Crippen LogP contribution in [0, 0.1) is 17.8 Å². The molecule has 1 saturated heterocycles. The molecule has 10 heteroatoms. The molecular weight excluding hydrogens is 503 g/mol. The number of rotatable bonds is 9. The van der Waals surface area contributed by atoms with Crippen LogP contribution < -0.4 is 9.47 Å². The molecule has 0 spiro atoms. The standard InChI is InChI=1S/C27H28F3N3O3S/c1-2-18-6-8-19(9-7-18)11-32-13-22-23(14-32)24(22)15-33(26(34)35-25-16-37-17-31-25)12-20-4-3-5-21(10-20)36-27(28,29)30/h3-10,16-17,22-24H,2,11-15H2,1H3. The van der Waals surface area contributed by atoms with Gasteiger partial charge in [0.05, 0.1) is 10.9 Å². The fourth-order valence-corrected chi connectivity index (χ4v) is 5.65. The van der Waals surface area contributed by atoms with Crippen LogP contribution in [0.3, 0.4) is 0 Å². The van der Waals surface area contributed by atoms with Gasteiger partial charge in [-0.25, -0.2) is 9.78 Å². The fraction of sp³-hybridized carbons (Fsp3) is 0.407. The van der Waals surface area contributed by atoms with E-state index in [-0.39, 0.29) is 18.2 Å². The highest BCUT2D eigenvalue weighted by molar-refractivity contribution is 7.07. The predicted molar refractivity (Wildman–Crippen MR) is 133 cm³/mol. The first-order valence-corrected chi connectivity index (χ1v) is 13.2. The number of fused-ring (bicyclic) bond motifs is 1. The lowest BCUT2D eigenvalue weighted by atomic mass is 10.1. The third kappa shape index (κ3) is 6.61. The van der Waals surface area contributed by atoms with Gasteiger partial charge in [-0.05, 0) is 53.0 Å². The average Bonchev–Trinajstić information content (AvgIpc) is 3.22. The second kappa shape index (κ2) is 10.7. The number of aryl methyl sites for hydroxylation is 1. The number of hydrogen-bond donors (Lipinski definition) is 0. The number of hydrogen-bond acceptors (Lipinski definition) is 6. The number of halogens is 3. The van der Waals surface area contributed by atoms with Crippen molar-refractivity contribution in [2.45, 2.75) is 32.8 Å². The van der Waals surface area contributed by atoms with E-state index in [9.17, 15) is 18.0 Å². The smallest absolute Gasteiger partial charge is 0.406 e. The van der Waals surface area contributed by atoms with Crippen LogP contribution in [0.2, 0.25) is 0 Å². The Morgan fingerprint density at radius 3 is 2.49 bits per heavy atom. The van der Waals surface area contributed by atoms with E-state index in [1.807, 2.05) is 0 Å². The normalized spacial score (nSPS) is 20.9. The minimum absolute atomic E-state index is 0.113. The highest BCUT2D eigenvalue weighted by Gasteiger charge is 2.56. The highest BCUT2D eigenvalue weighted by Crippen LogP contribution is 2.52. The Hall–Kier alpha value is -3.11. The summed E-state index contributed by atoms with van der Waals surface area (Å²) in [5.74, 6) is 1.21. The SMILES string of the molecule is CCc1ccc(CN2CC3C(C2)C3CN(Cc2cccc(OC(F)(F)F)c2)C(=O)Oc2cscn2)cc1. The van der Waals surface area contributed by atoms with Gasteiger partial charge in [0, 0.05) is 32.7 Å². The molecule has 6 nitrogen and oxygen atoms in total. The van der Waals surface area contributed by atoms with Crippen molar-refractivity contribution < 1.29 is 27.4 Å². The van der Waals surface area contributed by atoms with E-state index in [0.29, 0.717) is 29.9 Å². The Morgan fingerprint density at radius 2 is 1.84 bits per heavy atom.